The summed E-state index contributed by atoms with van der Waals surface area (Å²) in [5.74, 6) is 0.178. The SMILES string of the molecule is O=[N+]([O-])c1ccc(Oc2cccc(Br)c2)cc1C(F)(F)F. The molecule has 0 aliphatic carbocycles. The maximum Gasteiger partial charge on any atom is 0.423 e. The van der Waals surface area contributed by atoms with Gasteiger partial charge in [-0.05, 0) is 30.3 Å². The second kappa shape index (κ2) is 5.72. The molecule has 0 saturated carbocycles. The lowest BCUT2D eigenvalue weighted by atomic mass is 10.1. The normalized spacial score (nSPS) is 11.2. The van der Waals surface area contributed by atoms with Crippen LogP contribution >= 0.6 is 15.9 Å². The van der Waals surface area contributed by atoms with Gasteiger partial charge in [0, 0.05) is 10.5 Å². The molecule has 0 atom stereocenters. The van der Waals surface area contributed by atoms with Crippen LogP contribution in [0, 0.1) is 10.1 Å². The van der Waals surface area contributed by atoms with E-state index in [1.807, 2.05) is 0 Å². The maximum absolute atomic E-state index is 12.8. The first-order chi connectivity index (χ1) is 9.77. The van der Waals surface area contributed by atoms with Crippen molar-refractivity contribution in [3.8, 4) is 11.5 Å². The van der Waals surface area contributed by atoms with Gasteiger partial charge in [0.1, 0.15) is 17.1 Å². The Morgan fingerprint density at radius 1 is 1.10 bits per heavy atom. The Balaban J connectivity index is 2.40. The van der Waals surface area contributed by atoms with E-state index in [-0.39, 0.29) is 5.75 Å². The molecule has 21 heavy (non-hydrogen) atoms. The summed E-state index contributed by atoms with van der Waals surface area (Å²) in [6.07, 6.45) is -4.83. The maximum atomic E-state index is 12.8. The number of nitrogens with zero attached hydrogens (tertiary/aromatic N) is 1. The second-order valence-electron chi connectivity index (χ2n) is 3.99. The van der Waals surface area contributed by atoms with Crippen molar-refractivity contribution >= 4 is 21.6 Å². The molecule has 0 fully saturated rings. The number of alkyl halides is 3. The fourth-order valence-corrected chi connectivity index (χ4v) is 2.01. The Morgan fingerprint density at radius 3 is 2.33 bits per heavy atom. The predicted octanol–water partition coefficient (Wildman–Crippen LogP) is 5.17. The van der Waals surface area contributed by atoms with Gasteiger partial charge in [0.15, 0.2) is 0 Å². The van der Waals surface area contributed by atoms with Crippen molar-refractivity contribution in [1.82, 2.24) is 0 Å². The zero-order valence-corrected chi connectivity index (χ0v) is 11.8. The number of rotatable bonds is 3. The second-order valence-corrected chi connectivity index (χ2v) is 4.91. The highest BCUT2D eigenvalue weighted by Crippen LogP contribution is 2.39. The van der Waals surface area contributed by atoms with Crippen LogP contribution in [0.2, 0.25) is 0 Å². The molecule has 0 aliphatic heterocycles. The first-order valence-electron chi connectivity index (χ1n) is 5.56. The minimum Gasteiger partial charge on any atom is -0.457 e. The molecule has 2 aromatic carbocycles. The largest absolute Gasteiger partial charge is 0.457 e. The van der Waals surface area contributed by atoms with Crippen molar-refractivity contribution in [2.75, 3.05) is 0 Å². The highest BCUT2D eigenvalue weighted by molar-refractivity contribution is 9.10. The van der Waals surface area contributed by atoms with E-state index in [9.17, 15) is 23.3 Å². The van der Waals surface area contributed by atoms with E-state index < -0.39 is 22.4 Å². The zero-order chi connectivity index (χ0) is 15.6. The van der Waals surface area contributed by atoms with Crippen molar-refractivity contribution in [1.29, 1.82) is 0 Å². The molecule has 0 saturated heterocycles. The minimum atomic E-state index is -4.83. The Labute approximate surface area is 125 Å². The molecule has 2 aromatic rings. The first-order valence-corrected chi connectivity index (χ1v) is 6.36. The van der Waals surface area contributed by atoms with Crippen LogP contribution in [0.4, 0.5) is 18.9 Å². The third kappa shape index (κ3) is 3.72. The zero-order valence-electron chi connectivity index (χ0n) is 10.2. The molecule has 0 N–H and O–H groups in total. The summed E-state index contributed by atoms with van der Waals surface area (Å²) in [7, 11) is 0. The van der Waals surface area contributed by atoms with Crippen LogP contribution in [0.15, 0.2) is 46.9 Å². The molecule has 4 nitrogen and oxygen atoms in total. The summed E-state index contributed by atoms with van der Waals surface area (Å²) in [5, 5.41) is 10.6. The summed E-state index contributed by atoms with van der Waals surface area (Å²) in [5.41, 5.74) is -2.36. The van der Waals surface area contributed by atoms with Gasteiger partial charge in [0.2, 0.25) is 0 Å². The van der Waals surface area contributed by atoms with E-state index in [1.54, 1.807) is 24.3 Å². The van der Waals surface area contributed by atoms with Gasteiger partial charge in [-0.2, -0.15) is 13.2 Å². The molecule has 0 aliphatic rings. The van der Waals surface area contributed by atoms with Crippen molar-refractivity contribution in [2.24, 2.45) is 0 Å². The van der Waals surface area contributed by atoms with Gasteiger partial charge in [0.25, 0.3) is 5.69 Å². The van der Waals surface area contributed by atoms with Gasteiger partial charge in [-0.25, -0.2) is 0 Å². The van der Waals surface area contributed by atoms with Gasteiger partial charge in [0.05, 0.1) is 4.92 Å². The summed E-state index contributed by atoms with van der Waals surface area (Å²) in [6.45, 7) is 0. The molecule has 0 heterocycles. The van der Waals surface area contributed by atoms with Crippen LogP contribution in [-0.2, 0) is 6.18 Å². The first kappa shape index (κ1) is 15.3. The van der Waals surface area contributed by atoms with Crippen molar-refractivity contribution in [3.05, 3.63) is 62.6 Å². The number of hydrogen-bond acceptors (Lipinski definition) is 3. The number of benzene rings is 2. The van der Waals surface area contributed by atoms with Crippen molar-refractivity contribution in [2.45, 2.75) is 6.18 Å². The van der Waals surface area contributed by atoms with Crippen LogP contribution < -0.4 is 4.74 Å². The van der Waals surface area contributed by atoms with Gasteiger partial charge in [-0.1, -0.05) is 22.0 Å². The smallest absolute Gasteiger partial charge is 0.423 e. The molecule has 2 rings (SSSR count). The van der Waals surface area contributed by atoms with Crippen LogP contribution in [-0.4, -0.2) is 4.92 Å². The molecule has 0 amide bonds. The van der Waals surface area contributed by atoms with Gasteiger partial charge in [-0.3, -0.25) is 10.1 Å². The molecule has 0 aromatic heterocycles. The highest BCUT2D eigenvalue weighted by atomic mass is 79.9. The molecule has 0 bridgehead atoms. The van der Waals surface area contributed by atoms with E-state index in [1.165, 1.54) is 0 Å². The lowest BCUT2D eigenvalue weighted by molar-refractivity contribution is -0.388. The molecular formula is C13H7BrF3NO3. The van der Waals surface area contributed by atoms with Crippen molar-refractivity contribution < 1.29 is 22.8 Å². The topological polar surface area (TPSA) is 52.4 Å². The monoisotopic (exact) mass is 361 g/mol. The summed E-state index contributed by atoms with van der Waals surface area (Å²) >= 11 is 3.20. The Bertz CT molecular complexity index is 689. The Hall–Kier alpha value is -2.09. The molecule has 0 unspecified atom stereocenters. The van der Waals surface area contributed by atoms with Gasteiger partial charge < -0.3 is 4.74 Å². The predicted molar refractivity (Wildman–Crippen MR) is 72.3 cm³/mol. The molecule has 0 spiro atoms. The molecule has 8 heteroatoms. The average Bonchev–Trinajstić information content (AvgIpc) is 2.37. The molecule has 110 valence electrons. The van der Waals surface area contributed by atoms with Crippen LogP contribution in [0.5, 0.6) is 11.5 Å². The summed E-state index contributed by atoms with van der Waals surface area (Å²) in [4.78, 5) is 9.56. The third-order valence-electron chi connectivity index (χ3n) is 2.50. The fraction of sp³-hybridized carbons (Fsp3) is 0.0769. The summed E-state index contributed by atoms with van der Waals surface area (Å²) < 4.78 is 44.4. The number of halogens is 4. The fourth-order valence-electron chi connectivity index (χ4n) is 1.63. The molecular weight excluding hydrogens is 355 g/mol. The number of hydrogen-bond donors (Lipinski definition) is 0. The number of ether oxygens (including phenoxy) is 1. The standard InChI is InChI=1S/C13H7BrF3NO3/c14-8-2-1-3-9(6-8)21-10-4-5-12(18(19)20)11(7-10)13(15,16)17/h1-7H. The minimum absolute atomic E-state index is 0.133. The summed E-state index contributed by atoms with van der Waals surface area (Å²) in [6, 6.07) is 9.00. The van der Waals surface area contributed by atoms with Crippen LogP contribution in [0.3, 0.4) is 0 Å². The number of nitro groups is 1. The Morgan fingerprint density at radius 2 is 1.76 bits per heavy atom. The van der Waals surface area contributed by atoms with E-state index in [4.69, 9.17) is 4.74 Å². The van der Waals surface area contributed by atoms with Gasteiger partial charge >= 0.3 is 6.18 Å². The van der Waals surface area contributed by atoms with Crippen LogP contribution in [0.1, 0.15) is 5.56 Å². The van der Waals surface area contributed by atoms with E-state index in [0.29, 0.717) is 16.3 Å². The highest BCUT2D eigenvalue weighted by Gasteiger charge is 2.38. The van der Waals surface area contributed by atoms with E-state index >= 15 is 0 Å². The van der Waals surface area contributed by atoms with E-state index in [2.05, 4.69) is 15.9 Å². The number of nitro benzene ring substituents is 1. The Kier molecular flexibility index (Phi) is 4.17. The average molecular weight is 362 g/mol. The van der Waals surface area contributed by atoms with Gasteiger partial charge in [-0.15, -0.1) is 0 Å². The quantitative estimate of drug-likeness (QED) is 0.559. The lowest BCUT2D eigenvalue weighted by Gasteiger charge is -2.10. The third-order valence-corrected chi connectivity index (χ3v) is 3.00. The lowest BCUT2D eigenvalue weighted by Crippen LogP contribution is -2.09. The molecule has 0 radical (unpaired) electrons. The van der Waals surface area contributed by atoms with E-state index in [0.717, 1.165) is 12.1 Å². The van der Waals surface area contributed by atoms with Crippen molar-refractivity contribution in [3.63, 3.8) is 0 Å². The van der Waals surface area contributed by atoms with Crippen LogP contribution in [0.25, 0.3) is 0 Å².